The van der Waals surface area contributed by atoms with Gasteiger partial charge in [-0.05, 0) is 59.6 Å². The van der Waals surface area contributed by atoms with Crippen LogP contribution >= 0.6 is 27.7 Å². The number of rotatable bonds is 5. The average Bonchev–Trinajstić information content (AvgIpc) is 2.50. The van der Waals surface area contributed by atoms with Gasteiger partial charge in [-0.3, -0.25) is 0 Å². The third-order valence-electron chi connectivity index (χ3n) is 3.11. The van der Waals surface area contributed by atoms with E-state index in [1.54, 1.807) is 11.8 Å². The first-order valence-corrected chi connectivity index (χ1v) is 8.48. The molecule has 0 spiro atoms. The van der Waals surface area contributed by atoms with Crippen LogP contribution in [-0.2, 0) is 0 Å². The van der Waals surface area contributed by atoms with Crippen molar-refractivity contribution in [2.24, 2.45) is 4.99 Å². The van der Waals surface area contributed by atoms with E-state index in [1.165, 1.54) is 15.4 Å². The molecule has 2 aromatic rings. The van der Waals surface area contributed by atoms with Crippen molar-refractivity contribution in [3.05, 3.63) is 52.5 Å². The Morgan fingerprint density at radius 3 is 2.62 bits per heavy atom. The van der Waals surface area contributed by atoms with Crippen LogP contribution in [0, 0.1) is 6.92 Å². The molecule has 0 aliphatic heterocycles. The first kappa shape index (κ1) is 16.1. The standard InChI is InChI=1S/C17H19BrN2S/c1-4-20(3)12-19-16-10-13(2)17(11-15(16)18)21-14-8-6-5-7-9-14/h5-12H,4H2,1-3H3. The lowest BCUT2D eigenvalue weighted by atomic mass is 10.2. The van der Waals surface area contributed by atoms with Gasteiger partial charge >= 0.3 is 0 Å². The van der Waals surface area contributed by atoms with Crippen LogP contribution < -0.4 is 0 Å². The summed E-state index contributed by atoms with van der Waals surface area (Å²) in [5.74, 6) is 0. The highest BCUT2D eigenvalue weighted by Crippen LogP contribution is 2.36. The van der Waals surface area contributed by atoms with Crippen molar-refractivity contribution in [1.82, 2.24) is 4.90 Å². The zero-order valence-corrected chi connectivity index (χ0v) is 14.9. The summed E-state index contributed by atoms with van der Waals surface area (Å²) in [6.45, 7) is 5.17. The lowest BCUT2D eigenvalue weighted by Gasteiger charge is -2.11. The van der Waals surface area contributed by atoms with Crippen LogP contribution in [0.2, 0.25) is 0 Å². The maximum Gasteiger partial charge on any atom is 0.0910 e. The molecule has 0 fully saturated rings. The van der Waals surface area contributed by atoms with Crippen LogP contribution in [0.4, 0.5) is 5.69 Å². The van der Waals surface area contributed by atoms with Crippen LogP contribution in [0.5, 0.6) is 0 Å². The molecule has 0 aliphatic rings. The van der Waals surface area contributed by atoms with Crippen molar-refractivity contribution in [3.63, 3.8) is 0 Å². The van der Waals surface area contributed by atoms with Crippen molar-refractivity contribution >= 4 is 39.7 Å². The summed E-state index contributed by atoms with van der Waals surface area (Å²) in [6.07, 6.45) is 1.86. The van der Waals surface area contributed by atoms with E-state index in [2.05, 4.69) is 76.1 Å². The van der Waals surface area contributed by atoms with Gasteiger partial charge < -0.3 is 4.90 Å². The predicted molar refractivity (Wildman–Crippen MR) is 95.9 cm³/mol. The Hall–Kier alpha value is -1.26. The second kappa shape index (κ2) is 7.66. The molecule has 21 heavy (non-hydrogen) atoms. The minimum atomic E-state index is 0.946. The topological polar surface area (TPSA) is 15.6 Å². The van der Waals surface area contributed by atoms with E-state index in [0.29, 0.717) is 0 Å². The molecule has 0 aromatic heterocycles. The normalized spacial score (nSPS) is 11.0. The molecule has 0 atom stereocenters. The van der Waals surface area contributed by atoms with E-state index >= 15 is 0 Å². The molecule has 0 heterocycles. The number of nitrogens with zero attached hydrogens (tertiary/aromatic N) is 2. The van der Waals surface area contributed by atoms with Gasteiger partial charge in [0.25, 0.3) is 0 Å². The van der Waals surface area contributed by atoms with E-state index < -0.39 is 0 Å². The second-order valence-electron chi connectivity index (χ2n) is 4.80. The third kappa shape index (κ3) is 4.61. The molecule has 0 aliphatic carbocycles. The van der Waals surface area contributed by atoms with E-state index in [1.807, 2.05) is 19.5 Å². The van der Waals surface area contributed by atoms with Gasteiger partial charge in [-0.1, -0.05) is 30.0 Å². The lowest BCUT2D eigenvalue weighted by Crippen LogP contribution is -2.14. The molecule has 4 heteroatoms. The highest BCUT2D eigenvalue weighted by Gasteiger charge is 2.06. The van der Waals surface area contributed by atoms with Crippen molar-refractivity contribution < 1.29 is 0 Å². The van der Waals surface area contributed by atoms with E-state index in [9.17, 15) is 0 Å². The van der Waals surface area contributed by atoms with Crippen LogP contribution in [0.1, 0.15) is 12.5 Å². The molecular formula is C17H19BrN2S. The largest absolute Gasteiger partial charge is 0.366 e. The van der Waals surface area contributed by atoms with Gasteiger partial charge in [0.1, 0.15) is 0 Å². The molecule has 0 saturated heterocycles. The molecular weight excluding hydrogens is 344 g/mol. The Morgan fingerprint density at radius 2 is 1.95 bits per heavy atom. The monoisotopic (exact) mass is 362 g/mol. The minimum absolute atomic E-state index is 0.946. The molecule has 2 aromatic carbocycles. The number of aryl methyl sites for hydroxylation is 1. The van der Waals surface area contributed by atoms with Gasteiger partial charge in [0.2, 0.25) is 0 Å². The highest BCUT2D eigenvalue weighted by molar-refractivity contribution is 9.10. The SMILES string of the molecule is CCN(C)C=Nc1cc(C)c(Sc2ccccc2)cc1Br. The third-order valence-corrected chi connectivity index (χ3v) is 4.91. The van der Waals surface area contributed by atoms with Crippen LogP contribution in [-0.4, -0.2) is 24.8 Å². The smallest absolute Gasteiger partial charge is 0.0910 e. The van der Waals surface area contributed by atoms with Crippen molar-refractivity contribution in [3.8, 4) is 0 Å². The van der Waals surface area contributed by atoms with Gasteiger partial charge in [-0.15, -0.1) is 0 Å². The van der Waals surface area contributed by atoms with Gasteiger partial charge in [0.15, 0.2) is 0 Å². The summed E-state index contributed by atoms with van der Waals surface area (Å²) in [6, 6.07) is 14.7. The number of benzene rings is 2. The molecule has 0 bridgehead atoms. The van der Waals surface area contributed by atoms with E-state index in [0.717, 1.165) is 16.7 Å². The summed E-state index contributed by atoms with van der Waals surface area (Å²) in [5, 5.41) is 0. The number of aliphatic imine (C=N–C) groups is 1. The number of halogens is 1. The predicted octanol–water partition coefficient (Wildman–Crippen LogP) is 5.52. The minimum Gasteiger partial charge on any atom is -0.366 e. The first-order chi connectivity index (χ1) is 10.1. The summed E-state index contributed by atoms with van der Waals surface area (Å²) in [4.78, 5) is 9.07. The van der Waals surface area contributed by atoms with Crippen LogP contribution in [0.25, 0.3) is 0 Å². The quantitative estimate of drug-likeness (QED) is 0.513. The van der Waals surface area contributed by atoms with Gasteiger partial charge in [0, 0.05) is 27.9 Å². The maximum absolute atomic E-state index is 4.53. The molecule has 2 rings (SSSR count). The molecule has 0 saturated carbocycles. The number of hydrogen-bond acceptors (Lipinski definition) is 2. The Bertz CT molecular complexity index is 626. The van der Waals surface area contributed by atoms with Crippen molar-refractivity contribution in [1.29, 1.82) is 0 Å². The second-order valence-corrected chi connectivity index (χ2v) is 6.77. The Kier molecular flexibility index (Phi) is 5.88. The Morgan fingerprint density at radius 1 is 1.24 bits per heavy atom. The highest BCUT2D eigenvalue weighted by atomic mass is 79.9. The molecule has 0 unspecified atom stereocenters. The zero-order valence-electron chi connectivity index (χ0n) is 12.5. The van der Waals surface area contributed by atoms with Crippen LogP contribution in [0.15, 0.2) is 61.7 Å². The lowest BCUT2D eigenvalue weighted by molar-refractivity contribution is 0.552. The fourth-order valence-electron chi connectivity index (χ4n) is 1.71. The molecule has 110 valence electrons. The summed E-state index contributed by atoms with van der Waals surface area (Å²) in [5.41, 5.74) is 2.20. The number of hydrogen-bond donors (Lipinski definition) is 0. The Labute approximate surface area is 139 Å². The molecule has 0 amide bonds. The first-order valence-electron chi connectivity index (χ1n) is 6.87. The molecule has 2 nitrogen and oxygen atoms in total. The van der Waals surface area contributed by atoms with Gasteiger partial charge in [-0.2, -0.15) is 0 Å². The average molecular weight is 363 g/mol. The zero-order chi connectivity index (χ0) is 15.2. The van der Waals surface area contributed by atoms with Crippen molar-refractivity contribution in [2.45, 2.75) is 23.6 Å². The maximum atomic E-state index is 4.53. The summed E-state index contributed by atoms with van der Waals surface area (Å²) in [7, 11) is 2.02. The van der Waals surface area contributed by atoms with Crippen LogP contribution in [0.3, 0.4) is 0 Å². The van der Waals surface area contributed by atoms with E-state index in [4.69, 9.17) is 0 Å². The fraction of sp³-hybridized carbons (Fsp3) is 0.235. The van der Waals surface area contributed by atoms with Crippen molar-refractivity contribution in [2.75, 3.05) is 13.6 Å². The van der Waals surface area contributed by atoms with E-state index in [-0.39, 0.29) is 0 Å². The molecule has 0 N–H and O–H groups in total. The molecule has 0 radical (unpaired) electrons. The summed E-state index contributed by atoms with van der Waals surface area (Å²) < 4.78 is 1.02. The Balaban J connectivity index is 2.23. The summed E-state index contributed by atoms with van der Waals surface area (Å²) >= 11 is 5.39. The van der Waals surface area contributed by atoms with Gasteiger partial charge in [0.05, 0.1) is 12.0 Å². The fourth-order valence-corrected chi connectivity index (χ4v) is 3.26. The van der Waals surface area contributed by atoms with Gasteiger partial charge in [-0.25, -0.2) is 4.99 Å².